The molecule has 1 unspecified atom stereocenters. The number of aliphatic hydroxyl groups is 3. The van der Waals surface area contributed by atoms with Crippen LogP contribution in [0.5, 0.6) is 0 Å². The number of ether oxygens (including phenoxy) is 1. The number of benzene rings is 1. The van der Waals surface area contributed by atoms with Gasteiger partial charge in [-0.3, -0.25) is 13.9 Å². The van der Waals surface area contributed by atoms with Crippen LogP contribution in [0.15, 0.2) is 46.1 Å². The van der Waals surface area contributed by atoms with Crippen LogP contribution in [-0.4, -0.2) is 49.4 Å². The highest BCUT2D eigenvalue weighted by atomic mass is 35.5. The lowest BCUT2D eigenvalue weighted by molar-refractivity contribution is -0.0556. The SMILES string of the molecule is O=c1ccn([C@@H]2O[C@H](CO)[C@H](O)C2O)c(=O)n1CCc1ccc(Cl)cc1. The van der Waals surface area contributed by atoms with Crippen molar-refractivity contribution in [1.29, 1.82) is 0 Å². The molecule has 2 heterocycles. The second-order valence-corrected chi connectivity index (χ2v) is 6.54. The Morgan fingerprint density at radius 1 is 1.08 bits per heavy atom. The molecule has 26 heavy (non-hydrogen) atoms. The first-order valence-corrected chi connectivity index (χ1v) is 8.49. The van der Waals surface area contributed by atoms with Crippen molar-refractivity contribution in [3.63, 3.8) is 0 Å². The van der Waals surface area contributed by atoms with E-state index in [2.05, 4.69) is 0 Å². The summed E-state index contributed by atoms with van der Waals surface area (Å²) in [5.74, 6) is 0. The van der Waals surface area contributed by atoms with Crippen LogP contribution < -0.4 is 11.2 Å². The van der Waals surface area contributed by atoms with E-state index in [-0.39, 0.29) is 6.54 Å². The maximum absolute atomic E-state index is 12.7. The first-order chi connectivity index (χ1) is 12.4. The molecule has 4 atom stereocenters. The molecule has 0 spiro atoms. The van der Waals surface area contributed by atoms with Gasteiger partial charge in [-0.2, -0.15) is 0 Å². The molecule has 0 radical (unpaired) electrons. The van der Waals surface area contributed by atoms with Crippen molar-refractivity contribution in [2.24, 2.45) is 0 Å². The number of halogens is 1. The summed E-state index contributed by atoms with van der Waals surface area (Å²) in [6.07, 6.45) is -3.26. The molecule has 2 aromatic rings. The molecule has 1 aliphatic heterocycles. The second kappa shape index (κ2) is 7.73. The molecule has 140 valence electrons. The van der Waals surface area contributed by atoms with Gasteiger partial charge in [0.15, 0.2) is 6.23 Å². The minimum atomic E-state index is -1.40. The molecular formula is C17H19ClN2O6. The van der Waals surface area contributed by atoms with Crippen molar-refractivity contribution < 1.29 is 20.1 Å². The van der Waals surface area contributed by atoms with Crippen LogP contribution in [-0.2, 0) is 17.7 Å². The van der Waals surface area contributed by atoms with Crippen LogP contribution in [0.4, 0.5) is 0 Å². The number of nitrogens with zero attached hydrogens (tertiary/aromatic N) is 2. The van der Waals surface area contributed by atoms with E-state index in [4.69, 9.17) is 21.4 Å². The zero-order chi connectivity index (χ0) is 18.8. The number of hydrogen-bond acceptors (Lipinski definition) is 6. The summed E-state index contributed by atoms with van der Waals surface area (Å²) in [7, 11) is 0. The minimum Gasteiger partial charge on any atom is -0.394 e. The molecule has 0 saturated carbocycles. The molecule has 1 aromatic heterocycles. The third kappa shape index (κ3) is 3.60. The van der Waals surface area contributed by atoms with Gasteiger partial charge < -0.3 is 20.1 Å². The molecule has 0 amide bonds. The Morgan fingerprint density at radius 2 is 1.77 bits per heavy atom. The van der Waals surface area contributed by atoms with Crippen molar-refractivity contribution in [2.75, 3.05) is 6.61 Å². The Labute approximate surface area is 153 Å². The number of hydrogen-bond donors (Lipinski definition) is 3. The summed E-state index contributed by atoms with van der Waals surface area (Å²) >= 11 is 5.84. The predicted molar refractivity (Wildman–Crippen MR) is 93.1 cm³/mol. The molecule has 0 bridgehead atoms. The van der Waals surface area contributed by atoms with Gasteiger partial charge in [0.2, 0.25) is 0 Å². The highest BCUT2D eigenvalue weighted by Gasteiger charge is 2.43. The molecule has 1 saturated heterocycles. The summed E-state index contributed by atoms with van der Waals surface area (Å²) < 4.78 is 7.44. The highest BCUT2D eigenvalue weighted by Crippen LogP contribution is 2.27. The summed E-state index contributed by atoms with van der Waals surface area (Å²) in [5.41, 5.74) is -0.239. The van der Waals surface area contributed by atoms with Crippen LogP contribution in [0.25, 0.3) is 0 Å². The van der Waals surface area contributed by atoms with Crippen molar-refractivity contribution in [3.8, 4) is 0 Å². The second-order valence-electron chi connectivity index (χ2n) is 6.10. The summed E-state index contributed by atoms with van der Waals surface area (Å²) in [4.78, 5) is 24.8. The average Bonchev–Trinajstić information content (AvgIpc) is 2.91. The molecule has 8 nitrogen and oxygen atoms in total. The number of aromatic nitrogens is 2. The van der Waals surface area contributed by atoms with Gasteiger partial charge in [0.25, 0.3) is 5.56 Å². The first kappa shape index (κ1) is 18.8. The number of aliphatic hydroxyl groups excluding tert-OH is 3. The van der Waals surface area contributed by atoms with Crippen molar-refractivity contribution in [3.05, 3.63) is 68.0 Å². The van der Waals surface area contributed by atoms with Crippen LogP contribution in [0.1, 0.15) is 11.8 Å². The Hall–Kier alpha value is -1.97. The zero-order valence-electron chi connectivity index (χ0n) is 13.7. The van der Waals surface area contributed by atoms with Crippen molar-refractivity contribution in [2.45, 2.75) is 37.5 Å². The largest absolute Gasteiger partial charge is 0.394 e. The Morgan fingerprint density at radius 3 is 2.38 bits per heavy atom. The normalized spacial score (nSPS) is 25.5. The fourth-order valence-electron chi connectivity index (χ4n) is 2.93. The van der Waals surface area contributed by atoms with Crippen LogP contribution >= 0.6 is 11.6 Å². The lowest BCUT2D eigenvalue weighted by Gasteiger charge is -2.18. The molecule has 3 N–H and O–H groups in total. The monoisotopic (exact) mass is 382 g/mol. The molecule has 9 heteroatoms. The molecule has 3 rings (SSSR count). The first-order valence-electron chi connectivity index (χ1n) is 8.11. The van der Waals surface area contributed by atoms with Gasteiger partial charge in [-0.15, -0.1) is 0 Å². The van der Waals surface area contributed by atoms with E-state index >= 15 is 0 Å². The topological polar surface area (TPSA) is 114 Å². The predicted octanol–water partition coefficient (Wildman–Crippen LogP) is -0.482. The number of rotatable bonds is 5. The zero-order valence-corrected chi connectivity index (χ0v) is 14.5. The van der Waals surface area contributed by atoms with Crippen LogP contribution in [0.3, 0.4) is 0 Å². The van der Waals surface area contributed by atoms with E-state index in [1.807, 2.05) is 0 Å². The third-order valence-electron chi connectivity index (χ3n) is 4.42. The Bertz CT molecular complexity index is 878. The van der Waals surface area contributed by atoms with E-state index in [9.17, 15) is 19.8 Å². The van der Waals surface area contributed by atoms with Crippen LogP contribution in [0.2, 0.25) is 5.02 Å². The van der Waals surface area contributed by atoms with Crippen molar-refractivity contribution in [1.82, 2.24) is 9.13 Å². The van der Waals surface area contributed by atoms with E-state index in [1.165, 1.54) is 12.3 Å². The van der Waals surface area contributed by atoms with Gasteiger partial charge in [-0.05, 0) is 24.1 Å². The van der Waals surface area contributed by atoms with E-state index in [1.54, 1.807) is 24.3 Å². The Balaban J connectivity index is 1.86. The molecule has 1 fully saturated rings. The smallest absolute Gasteiger partial charge is 0.333 e. The van der Waals surface area contributed by atoms with Gasteiger partial charge >= 0.3 is 5.69 Å². The number of aryl methyl sites for hydroxylation is 1. The fraction of sp³-hybridized carbons (Fsp3) is 0.412. The maximum Gasteiger partial charge on any atom is 0.333 e. The highest BCUT2D eigenvalue weighted by molar-refractivity contribution is 6.30. The summed E-state index contributed by atoms with van der Waals surface area (Å²) in [6.45, 7) is -0.366. The van der Waals surface area contributed by atoms with Gasteiger partial charge in [0.1, 0.15) is 18.3 Å². The molecule has 0 aliphatic carbocycles. The van der Waals surface area contributed by atoms with Gasteiger partial charge in [0, 0.05) is 23.8 Å². The van der Waals surface area contributed by atoms with Crippen LogP contribution in [0, 0.1) is 0 Å². The molecular weight excluding hydrogens is 364 g/mol. The average molecular weight is 383 g/mol. The summed E-state index contributed by atoms with van der Waals surface area (Å²) in [6, 6.07) is 8.25. The lowest BCUT2D eigenvalue weighted by Crippen LogP contribution is -2.43. The Kier molecular flexibility index (Phi) is 5.59. The standard InChI is InChI=1S/C17H19ClN2O6/c18-11-3-1-10(2-4-11)5-7-19-13(22)6-8-20(17(19)25)16-15(24)14(23)12(9-21)26-16/h1-4,6,8,12,14-16,21,23-24H,5,7,9H2/t12-,14+,15?,16-/m1/s1. The fourth-order valence-corrected chi connectivity index (χ4v) is 3.06. The lowest BCUT2D eigenvalue weighted by atomic mass is 10.1. The van der Waals surface area contributed by atoms with E-state index < -0.39 is 42.4 Å². The summed E-state index contributed by atoms with van der Waals surface area (Å²) in [5, 5.41) is 29.7. The van der Waals surface area contributed by atoms with E-state index in [0.29, 0.717) is 11.4 Å². The quantitative estimate of drug-likeness (QED) is 0.643. The van der Waals surface area contributed by atoms with Crippen molar-refractivity contribution >= 4 is 11.6 Å². The maximum atomic E-state index is 12.7. The third-order valence-corrected chi connectivity index (χ3v) is 4.68. The van der Waals surface area contributed by atoms with Gasteiger partial charge in [-0.25, -0.2) is 4.79 Å². The minimum absolute atomic E-state index is 0.134. The molecule has 1 aliphatic rings. The van der Waals surface area contributed by atoms with Gasteiger partial charge in [-0.1, -0.05) is 23.7 Å². The molecule has 1 aromatic carbocycles. The van der Waals surface area contributed by atoms with Gasteiger partial charge in [0.05, 0.1) is 6.61 Å². The van der Waals surface area contributed by atoms with E-state index in [0.717, 1.165) is 14.7 Å².